The van der Waals surface area contributed by atoms with Gasteiger partial charge in [0.25, 0.3) is 11.8 Å². The lowest BCUT2D eigenvalue weighted by atomic mass is 9.63. The first-order valence-corrected chi connectivity index (χ1v) is 10.0. The number of halogens is 6. The van der Waals surface area contributed by atoms with Gasteiger partial charge in [-0.3, -0.25) is 9.59 Å². The summed E-state index contributed by atoms with van der Waals surface area (Å²) < 4.78 is 85.5. The summed E-state index contributed by atoms with van der Waals surface area (Å²) in [5, 5.41) is 17.0. The van der Waals surface area contributed by atoms with E-state index in [1.165, 1.54) is 0 Å². The van der Waals surface area contributed by atoms with Gasteiger partial charge in [0.2, 0.25) is 0 Å². The van der Waals surface area contributed by atoms with E-state index in [9.17, 15) is 45.5 Å². The number of carbonyl (C=O) groups excluding carboxylic acids is 2. The van der Waals surface area contributed by atoms with Gasteiger partial charge in [0.05, 0.1) is 11.4 Å². The van der Waals surface area contributed by atoms with Gasteiger partial charge in [-0.05, 0) is 24.3 Å². The lowest BCUT2D eigenvalue weighted by Crippen LogP contribution is -2.58. The first-order valence-electron chi connectivity index (χ1n) is 10.0. The van der Waals surface area contributed by atoms with E-state index in [-0.39, 0.29) is 11.4 Å². The van der Waals surface area contributed by atoms with Gasteiger partial charge in [-0.2, -0.15) is 26.3 Å². The minimum absolute atomic E-state index is 0.299. The molecule has 37 heavy (non-hydrogen) atoms. The van der Waals surface area contributed by atoms with Crippen LogP contribution in [0.25, 0.3) is 0 Å². The molecule has 0 aliphatic heterocycles. The van der Waals surface area contributed by atoms with Gasteiger partial charge in [-0.15, -0.1) is 0 Å². The highest BCUT2D eigenvalue weighted by atomic mass is 19.4. The molecule has 2 amide bonds. The van der Waals surface area contributed by atoms with Crippen molar-refractivity contribution in [3.05, 3.63) is 72.9 Å². The number of carbonyl (C=O) groups is 4. The second-order valence-electron chi connectivity index (χ2n) is 7.45. The SMILES string of the molecule is O=C(O)/C=C/C(=O)N=C1C=CC(C(C2C=CC(=NC(=O)/C=C/C(=O)O)C=C2)(C(F)(F)F)C(F)(F)F)C=C1. The summed E-state index contributed by atoms with van der Waals surface area (Å²) in [5.74, 6) is -9.72. The van der Waals surface area contributed by atoms with Crippen LogP contribution in [0, 0.1) is 17.3 Å². The van der Waals surface area contributed by atoms with Crippen LogP contribution < -0.4 is 0 Å². The topological polar surface area (TPSA) is 133 Å². The number of carboxylic acids is 2. The molecule has 0 aromatic carbocycles. The molecule has 0 atom stereocenters. The fraction of sp³-hybridized carbons (Fsp3) is 0.217. The Kier molecular flexibility index (Phi) is 8.69. The van der Waals surface area contributed by atoms with E-state index < -0.39 is 53.4 Å². The standard InChI is InChI=1S/C23H16F6N2O6/c24-22(25,26)21(23(27,28)29,13-1-5-15(6-2-13)30-17(32)9-11-19(34)35)14-3-7-16(8-4-14)31-18(33)10-12-20(36)37/h1-14H,(H,34,35)(H,36,37)/b11-9+,12-10+,30-15?,31-16?. The normalized spacial score (nSPS) is 20.1. The van der Waals surface area contributed by atoms with Gasteiger partial charge in [-0.25, -0.2) is 19.6 Å². The van der Waals surface area contributed by atoms with Crippen molar-refractivity contribution in [2.75, 3.05) is 0 Å². The summed E-state index contributed by atoms with van der Waals surface area (Å²) in [4.78, 5) is 50.8. The van der Waals surface area contributed by atoms with Gasteiger partial charge < -0.3 is 10.2 Å². The first-order chi connectivity index (χ1) is 17.1. The molecule has 0 aromatic rings. The van der Waals surface area contributed by atoms with Crippen LogP contribution in [0.1, 0.15) is 0 Å². The fourth-order valence-corrected chi connectivity index (χ4v) is 3.56. The van der Waals surface area contributed by atoms with Crippen LogP contribution in [0.4, 0.5) is 26.3 Å². The highest BCUT2D eigenvalue weighted by molar-refractivity contribution is 6.13. The van der Waals surface area contributed by atoms with Crippen LogP contribution in [0.15, 0.2) is 82.9 Å². The number of carboxylic acid groups (broad SMARTS) is 2. The number of allylic oxidation sites excluding steroid dienone is 8. The number of rotatable bonds is 6. The monoisotopic (exact) mass is 530 g/mol. The maximum Gasteiger partial charge on any atom is 0.404 e. The molecule has 2 aliphatic rings. The second-order valence-corrected chi connectivity index (χ2v) is 7.45. The second kappa shape index (κ2) is 11.1. The minimum Gasteiger partial charge on any atom is -0.478 e. The molecule has 2 aliphatic carbocycles. The third kappa shape index (κ3) is 6.86. The van der Waals surface area contributed by atoms with Crippen molar-refractivity contribution < 1.29 is 55.7 Å². The highest BCUT2D eigenvalue weighted by Gasteiger charge is 2.75. The van der Waals surface area contributed by atoms with Gasteiger partial charge in [0, 0.05) is 36.1 Å². The Bertz CT molecular complexity index is 1090. The fourth-order valence-electron chi connectivity index (χ4n) is 3.56. The van der Waals surface area contributed by atoms with Gasteiger partial charge >= 0.3 is 24.3 Å². The van der Waals surface area contributed by atoms with Crippen LogP contribution in [0.2, 0.25) is 0 Å². The summed E-state index contributed by atoms with van der Waals surface area (Å²) >= 11 is 0. The molecule has 0 unspecified atom stereocenters. The summed E-state index contributed by atoms with van der Waals surface area (Å²) in [5.41, 5.74) is -4.96. The molecule has 14 heteroatoms. The maximum atomic E-state index is 14.3. The number of alkyl halides is 6. The number of hydrogen-bond donors (Lipinski definition) is 2. The third-order valence-corrected chi connectivity index (χ3v) is 5.10. The molecule has 0 radical (unpaired) electrons. The van der Waals surface area contributed by atoms with E-state index in [0.29, 0.717) is 48.6 Å². The zero-order chi connectivity index (χ0) is 28.0. The minimum atomic E-state index is -5.84. The van der Waals surface area contributed by atoms with Gasteiger partial charge in [0.15, 0.2) is 5.41 Å². The number of nitrogens with zero attached hydrogens (tertiary/aromatic N) is 2. The third-order valence-electron chi connectivity index (χ3n) is 5.10. The smallest absolute Gasteiger partial charge is 0.404 e. The molecule has 8 nitrogen and oxygen atoms in total. The Balaban J connectivity index is 2.45. The Morgan fingerprint density at radius 3 is 1.16 bits per heavy atom. The molecule has 0 heterocycles. The number of amides is 2. The lowest BCUT2D eigenvalue weighted by Gasteiger charge is -2.45. The number of aliphatic imine (C=N–C) groups is 2. The number of hydrogen-bond acceptors (Lipinski definition) is 4. The van der Waals surface area contributed by atoms with E-state index >= 15 is 0 Å². The molecule has 2 N–H and O–H groups in total. The van der Waals surface area contributed by atoms with E-state index in [1.54, 1.807) is 0 Å². The van der Waals surface area contributed by atoms with Crippen LogP contribution in [0.5, 0.6) is 0 Å². The number of aliphatic carboxylic acids is 2. The van der Waals surface area contributed by atoms with Crippen molar-refractivity contribution in [2.24, 2.45) is 27.2 Å². The molecule has 0 aromatic heterocycles. The molecule has 0 saturated heterocycles. The van der Waals surface area contributed by atoms with Crippen molar-refractivity contribution in [3.8, 4) is 0 Å². The van der Waals surface area contributed by atoms with Crippen LogP contribution >= 0.6 is 0 Å². The van der Waals surface area contributed by atoms with E-state index in [2.05, 4.69) is 9.98 Å². The summed E-state index contributed by atoms with van der Waals surface area (Å²) in [6, 6.07) is 0. The molecule has 196 valence electrons. The average Bonchev–Trinajstić information content (AvgIpc) is 2.77. The molecule has 0 fully saturated rings. The molecule has 0 spiro atoms. The van der Waals surface area contributed by atoms with Gasteiger partial charge in [0.1, 0.15) is 0 Å². The Morgan fingerprint density at radius 1 is 0.622 bits per heavy atom. The van der Waals surface area contributed by atoms with Gasteiger partial charge in [-0.1, -0.05) is 24.3 Å². The lowest BCUT2D eigenvalue weighted by molar-refractivity contribution is -0.358. The van der Waals surface area contributed by atoms with Crippen molar-refractivity contribution >= 4 is 35.2 Å². The van der Waals surface area contributed by atoms with Crippen molar-refractivity contribution in [1.82, 2.24) is 0 Å². The summed E-state index contributed by atoms with van der Waals surface area (Å²) in [6.07, 6.45) is -4.22. The summed E-state index contributed by atoms with van der Waals surface area (Å²) in [6.45, 7) is 0. The first kappa shape index (κ1) is 28.9. The molecular weight excluding hydrogens is 514 g/mol. The zero-order valence-electron chi connectivity index (χ0n) is 18.3. The largest absolute Gasteiger partial charge is 0.478 e. The molecule has 2 rings (SSSR count). The predicted molar refractivity (Wildman–Crippen MR) is 117 cm³/mol. The predicted octanol–water partition coefficient (Wildman–Crippen LogP) is 3.80. The molecule has 0 saturated carbocycles. The molecular formula is C23H16F6N2O6. The van der Waals surface area contributed by atoms with Crippen LogP contribution in [-0.4, -0.2) is 57.7 Å². The Labute approximate surface area is 204 Å². The zero-order valence-corrected chi connectivity index (χ0v) is 18.3. The quantitative estimate of drug-likeness (QED) is 0.397. The average molecular weight is 530 g/mol. The van der Waals surface area contributed by atoms with E-state index in [1.807, 2.05) is 0 Å². The Hall–Kier alpha value is -4.36. The summed E-state index contributed by atoms with van der Waals surface area (Å²) in [7, 11) is 0. The maximum absolute atomic E-state index is 14.3. The Morgan fingerprint density at radius 2 is 0.919 bits per heavy atom. The van der Waals surface area contributed by atoms with Crippen molar-refractivity contribution in [3.63, 3.8) is 0 Å². The van der Waals surface area contributed by atoms with Crippen molar-refractivity contribution in [2.45, 2.75) is 12.4 Å². The van der Waals surface area contributed by atoms with E-state index in [0.717, 1.165) is 24.3 Å². The highest BCUT2D eigenvalue weighted by Crippen LogP contribution is 2.61. The van der Waals surface area contributed by atoms with Crippen LogP contribution in [-0.2, 0) is 19.2 Å². The van der Waals surface area contributed by atoms with Crippen LogP contribution in [0.3, 0.4) is 0 Å². The van der Waals surface area contributed by atoms with E-state index in [4.69, 9.17) is 10.2 Å². The van der Waals surface area contributed by atoms with Crippen molar-refractivity contribution in [1.29, 1.82) is 0 Å². The molecule has 0 bridgehead atoms.